The fourth-order valence-corrected chi connectivity index (χ4v) is 1.66. The van der Waals surface area contributed by atoms with Gasteiger partial charge in [0.2, 0.25) is 0 Å². The van der Waals surface area contributed by atoms with Crippen LogP contribution in [0.25, 0.3) is 0 Å². The maximum Gasteiger partial charge on any atom is 0.321 e. The van der Waals surface area contributed by atoms with Crippen LogP contribution in [0.1, 0.15) is 26.2 Å². The first-order valence-corrected chi connectivity index (χ1v) is 3.99. The van der Waals surface area contributed by atoms with Gasteiger partial charge < -0.3 is 10.2 Å². The third-order valence-corrected chi connectivity index (χ3v) is 2.67. The molecule has 0 aromatic rings. The molecule has 0 spiro atoms. The molecule has 0 unspecified atom stereocenters. The molecule has 0 amide bonds. The molecule has 0 bridgehead atoms. The Labute approximate surface area is 70.2 Å². The number of carboxylic acid groups (broad SMARTS) is 2. The van der Waals surface area contributed by atoms with Gasteiger partial charge in [0, 0.05) is 0 Å². The SMILES string of the molecule is CCC1CC(C(=O)O)(C(=O)O)C1. The number of carbonyl (C=O) groups is 2. The zero-order valence-electron chi connectivity index (χ0n) is 6.91. The number of hydrogen-bond acceptors (Lipinski definition) is 2. The minimum absolute atomic E-state index is 0.275. The predicted octanol–water partition coefficient (Wildman–Crippen LogP) is 0.962. The van der Waals surface area contributed by atoms with Crippen molar-refractivity contribution in [1.82, 2.24) is 0 Å². The lowest BCUT2D eigenvalue weighted by atomic mass is 9.61. The largest absolute Gasteiger partial charge is 0.480 e. The second-order valence-electron chi connectivity index (χ2n) is 3.37. The molecular formula is C8H12O4. The molecule has 0 radical (unpaired) electrons. The Morgan fingerprint density at radius 1 is 1.33 bits per heavy atom. The Morgan fingerprint density at radius 3 is 2.00 bits per heavy atom. The van der Waals surface area contributed by atoms with Crippen LogP contribution in [-0.2, 0) is 9.59 Å². The fourth-order valence-electron chi connectivity index (χ4n) is 1.66. The molecule has 1 saturated carbocycles. The number of carboxylic acids is 2. The van der Waals surface area contributed by atoms with Gasteiger partial charge in [-0.05, 0) is 18.8 Å². The van der Waals surface area contributed by atoms with Crippen molar-refractivity contribution < 1.29 is 19.8 Å². The summed E-state index contributed by atoms with van der Waals surface area (Å²) in [6.07, 6.45) is 1.44. The van der Waals surface area contributed by atoms with Crippen molar-refractivity contribution in [1.29, 1.82) is 0 Å². The third-order valence-electron chi connectivity index (χ3n) is 2.67. The van der Waals surface area contributed by atoms with Crippen LogP contribution in [0.3, 0.4) is 0 Å². The average molecular weight is 172 g/mol. The lowest BCUT2D eigenvalue weighted by Crippen LogP contribution is -2.49. The van der Waals surface area contributed by atoms with Crippen LogP contribution >= 0.6 is 0 Å². The molecule has 2 N–H and O–H groups in total. The molecule has 0 heterocycles. The second-order valence-corrected chi connectivity index (χ2v) is 3.37. The highest BCUT2D eigenvalue weighted by Crippen LogP contribution is 2.47. The molecule has 0 saturated heterocycles. The van der Waals surface area contributed by atoms with E-state index in [-0.39, 0.29) is 18.8 Å². The molecular weight excluding hydrogens is 160 g/mol. The monoisotopic (exact) mass is 172 g/mol. The smallest absolute Gasteiger partial charge is 0.321 e. The van der Waals surface area contributed by atoms with Gasteiger partial charge in [0.25, 0.3) is 0 Å². The van der Waals surface area contributed by atoms with Crippen molar-refractivity contribution in [3.8, 4) is 0 Å². The van der Waals surface area contributed by atoms with E-state index in [0.29, 0.717) is 0 Å². The molecule has 12 heavy (non-hydrogen) atoms. The van der Waals surface area contributed by atoms with E-state index < -0.39 is 17.4 Å². The van der Waals surface area contributed by atoms with Crippen LogP contribution in [-0.4, -0.2) is 22.2 Å². The third kappa shape index (κ3) is 1.07. The van der Waals surface area contributed by atoms with Gasteiger partial charge in [-0.15, -0.1) is 0 Å². The molecule has 0 aromatic heterocycles. The Bertz CT molecular complexity index is 199. The summed E-state index contributed by atoms with van der Waals surface area (Å²) in [6, 6.07) is 0. The van der Waals surface area contributed by atoms with Crippen molar-refractivity contribution >= 4 is 11.9 Å². The number of rotatable bonds is 3. The second kappa shape index (κ2) is 2.77. The molecule has 0 aromatic carbocycles. The summed E-state index contributed by atoms with van der Waals surface area (Å²) in [5.74, 6) is -2.11. The van der Waals surface area contributed by atoms with E-state index in [0.717, 1.165) is 6.42 Å². The van der Waals surface area contributed by atoms with E-state index in [1.54, 1.807) is 0 Å². The van der Waals surface area contributed by atoms with Gasteiger partial charge >= 0.3 is 11.9 Å². The van der Waals surface area contributed by atoms with Gasteiger partial charge in [-0.2, -0.15) is 0 Å². The Kier molecular flexibility index (Phi) is 2.08. The molecule has 1 aliphatic carbocycles. The Morgan fingerprint density at radius 2 is 1.75 bits per heavy atom. The highest BCUT2D eigenvalue weighted by molar-refractivity contribution is 5.99. The quantitative estimate of drug-likeness (QED) is 0.622. The van der Waals surface area contributed by atoms with Gasteiger partial charge in [-0.3, -0.25) is 9.59 Å². The molecule has 68 valence electrons. The lowest BCUT2D eigenvalue weighted by molar-refractivity contribution is -0.175. The van der Waals surface area contributed by atoms with Crippen molar-refractivity contribution in [3.05, 3.63) is 0 Å². The fraction of sp³-hybridized carbons (Fsp3) is 0.750. The van der Waals surface area contributed by atoms with E-state index in [4.69, 9.17) is 10.2 Å². The van der Waals surface area contributed by atoms with Gasteiger partial charge in [0.1, 0.15) is 0 Å². The van der Waals surface area contributed by atoms with Crippen LogP contribution in [0.4, 0.5) is 0 Å². The summed E-state index contributed by atoms with van der Waals surface area (Å²) in [5.41, 5.74) is -1.47. The summed E-state index contributed by atoms with van der Waals surface area (Å²) >= 11 is 0. The van der Waals surface area contributed by atoms with Crippen LogP contribution in [0.5, 0.6) is 0 Å². The zero-order valence-corrected chi connectivity index (χ0v) is 6.91. The van der Waals surface area contributed by atoms with E-state index in [9.17, 15) is 9.59 Å². The predicted molar refractivity (Wildman–Crippen MR) is 40.7 cm³/mol. The first kappa shape index (κ1) is 9.03. The van der Waals surface area contributed by atoms with Crippen LogP contribution in [0.15, 0.2) is 0 Å². The highest BCUT2D eigenvalue weighted by atomic mass is 16.4. The maximum atomic E-state index is 10.6. The van der Waals surface area contributed by atoms with E-state index in [1.165, 1.54) is 0 Å². The molecule has 0 aliphatic heterocycles. The normalized spacial score (nSPS) is 21.4. The van der Waals surface area contributed by atoms with Gasteiger partial charge in [-0.25, -0.2) is 0 Å². The summed E-state index contributed by atoms with van der Waals surface area (Å²) in [7, 11) is 0. The molecule has 4 heteroatoms. The minimum atomic E-state index is -1.47. The van der Waals surface area contributed by atoms with E-state index >= 15 is 0 Å². The van der Waals surface area contributed by atoms with E-state index in [2.05, 4.69) is 0 Å². The first-order chi connectivity index (χ1) is 5.53. The summed E-state index contributed by atoms with van der Waals surface area (Å²) in [4.78, 5) is 21.3. The van der Waals surface area contributed by atoms with Gasteiger partial charge in [0.05, 0.1) is 0 Å². The standard InChI is InChI=1S/C8H12O4/c1-2-5-3-8(4-5,6(9)10)7(11)12/h5H,2-4H2,1H3,(H,9,10)(H,11,12). The Balaban J connectivity index is 2.69. The topological polar surface area (TPSA) is 74.6 Å². The Hall–Kier alpha value is -1.06. The molecule has 1 fully saturated rings. The maximum absolute atomic E-state index is 10.6. The van der Waals surface area contributed by atoms with Crippen LogP contribution in [0, 0.1) is 11.3 Å². The minimum Gasteiger partial charge on any atom is -0.480 e. The van der Waals surface area contributed by atoms with Gasteiger partial charge in [0.15, 0.2) is 5.41 Å². The van der Waals surface area contributed by atoms with Crippen molar-refractivity contribution in [2.45, 2.75) is 26.2 Å². The number of hydrogen-bond donors (Lipinski definition) is 2. The first-order valence-electron chi connectivity index (χ1n) is 3.99. The van der Waals surface area contributed by atoms with Crippen molar-refractivity contribution in [2.24, 2.45) is 11.3 Å². The molecule has 1 aliphatic rings. The van der Waals surface area contributed by atoms with Gasteiger partial charge in [-0.1, -0.05) is 13.3 Å². The molecule has 0 atom stereocenters. The molecule has 1 rings (SSSR count). The van der Waals surface area contributed by atoms with Crippen molar-refractivity contribution in [2.75, 3.05) is 0 Å². The number of aliphatic carboxylic acids is 2. The lowest BCUT2D eigenvalue weighted by Gasteiger charge is -2.40. The van der Waals surface area contributed by atoms with E-state index in [1.807, 2.05) is 6.92 Å². The zero-order chi connectivity index (χ0) is 9.35. The van der Waals surface area contributed by atoms with Crippen molar-refractivity contribution in [3.63, 3.8) is 0 Å². The molecule has 4 nitrogen and oxygen atoms in total. The summed E-state index contributed by atoms with van der Waals surface area (Å²) in [6.45, 7) is 1.94. The summed E-state index contributed by atoms with van der Waals surface area (Å²) < 4.78 is 0. The van der Waals surface area contributed by atoms with Crippen LogP contribution in [0.2, 0.25) is 0 Å². The highest BCUT2D eigenvalue weighted by Gasteiger charge is 2.55. The summed E-state index contributed by atoms with van der Waals surface area (Å²) in [5, 5.41) is 17.4. The average Bonchev–Trinajstić information content (AvgIpc) is 1.83. The van der Waals surface area contributed by atoms with Crippen LogP contribution < -0.4 is 0 Å².